The van der Waals surface area contributed by atoms with Crippen LogP contribution >= 0.6 is 24.0 Å². The van der Waals surface area contributed by atoms with Crippen LogP contribution in [0.5, 0.6) is 0 Å². The Labute approximate surface area is 196 Å². The fourth-order valence-corrected chi connectivity index (χ4v) is 6.60. The van der Waals surface area contributed by atoms with Crippen LogP contribution in [0, 0.1) is 17.7 Å². The van der Waals surface area contributed by atoms with Crippen molar-refractivity contribution < 1.29 is 12.8 Å². The molecular formula is C21H32FIN4O2S. The number of aliphatic imine (C=N–C) groups is 1. The monoisotopic (exact) mass is 550 g/mol. The molecule has 9 heteroatoms. The summed E-state index contributed by atoms with van der Waals surface area (Å²) in [4.78, 5) is 8.93. The van der Waals surface area contributed by atoms with Gasteiger partial charge in [0.05, 0.1) is 5.75 Å². The van der Waals surface area contributed by atoms with Crippen LogP contribution in [-0.2, 0) is 9.84 Å². The number of fused-ring (bicyclic) bond motifs is 2. The molecule has 6 nitrogen and oxygen atoms in total. The summed E-state index contributed by atoms with van der Waals surface area (Å²) < 4.78 is 38.6. The maximum Gasteiger partial charge on any atom is 0.193 e. The van der Waals surface area contributed by atoms with E-state index in [1.165, 1.54) is 49.9 Å². The Kier molecular flexibility index (Phi) is 8.00. The Bertz CT molecular complexity index is 858. The number of rotatable bonds is 5. The minimum atomic E-state index is -3.67. The van der Waals surface area contributed by atoms with E-state index in [4.69, 9.17) is 0 Å². The van der Waals surface area contributed by atoms with Crippen molar-refractivity contribution in [2.24, 2.45) is 16.8 Å². The normalized spacial score (nSPS) is 27.2. The Hall–Kier alpha value is -0.940. The van der Waals surface area contributed by atoms with E-state index < -0.39 is 15.7 Å². The maximum atomic E-state index is 13.8. The number of nitrogens with zero attached hydrogens (tertiary/aromatic N) is 3. The van der Waals surface area contributed by atoms with Gasteiger partial charge in [0.1, 0.15) is 10.7 Å². The van der Waals surface area contributed by atoms with Crippen LogP contribution in [-0.4, -0.2) is 75.7 Å². The average Bonchev–Trinajstić information content (AvgIpc) is 3.35. The minimum absolute atomic E-state index is 0. The zero-order chi connectivity index (χ0) is 20.4. The van der Waals surface area contributed by atoms with E-state index in [0.29, 0.717) is 0 Å². The number of benzene rings is 1. The molecule has 0 aromatic heterocycles. The highest BCUT2D eigenvalue weighted by Gasteiger charge is 2.42. The molecule has 1 aromatic rings. The fraction of sp³-hybridized carbons (Fsp3) is 0.667. The van der Waals surface area contributed by atoms with Crippen molar-refractivity contribution >= 4 is 39.8 Å². The molecule has 1 aromatic carbocycles. The van der Waals surface area contributed by atoms with Crippen molar-refractivity contribution in [3.05, 3.63) is 30.1 Å². The lowest BCUT2D eigenvalue weighted by Gasteiger charge is -2.41. The van der Waals surface area contributed by atoms with Crippen LogP contribution in [0.2, 0.25) is 0 Å². The first-order valence-corrected chi connectivity index (χ1v) is 12.3. The second-order valence-electron chi connectivity index (χ2n) is 8.49. The van der Waals surface area contributed by atoms with Gasteiger partial charge in [-0.3, -0.25) is 9.89 Å². The van der Waals surface area contributed by atoms with E-state index in [2.05, 4.69) is 20.1 Å². The third-order valence-corrected chi connectivity index (χ3v) is 8.56. The van der Waals surface area contributed by atoms with Crippen molar-refractivity contribution in [3.63, 3.8) is 0 Å². The van der Waals surface area contributed by atoms with Gasteiger partial charge >= 0.3 is 0 Å². The average molecular weight is 550 g/mol. The van der Waals surface area contributed by atoms with Gasteiger partial charge in [0.15, 0.2) is 15.8 Å². The first kappa shape index (κ1) is 23.7. The SMILES string of the molecule is CN=C(NCCS(=O)(=O)c1ccccc1F)N1CCN(C2CC3CCC2C3)CC1.I. The zero-order valence-corrected chi connectivity index (χ0v) is 20.6. The Morgan fingerprint density at radius 1 is 1.17 bits per heavy atom. The molecule has 3 fully saturated rings. The summed E-state index contributed by atoms with van der Waals surface area (Å²) in [7, 11) is -1.95. The number of halogens is 2. The van der Waals surface area contributed by atoms with E-state index in [1.807, 2.05) is 0 Å². The number of sulfone groups is 1. The first-order valence-electron chi connectivity index (χ1n) is 10.6. The molecule has 4 rings (SSSR count). The highest BCUT2D eigenvalue weighted by Crippen LogP contribution is 2.46. The zero-order valence-electron chi connectivity index (χ0n) is 17.5. The van der Waals surface area contributed by atoms with Crippen molar-refractivity contribution in [3.8, 4) is 0 Å². The number of hydrogen-bond donors (Lipinski definition) is 1. The van der Waals surface area contributed by atoms with Crippen LogP contribution in [0.4, 0.5) is 4.39 Å². The molecule has 0 amide bonds. The summed E-state index contributed by atoms with van der Waals surface area (Å²) in [5.74, 6) is 1.70. The molecule has 30 heavy (non-hydrogen) atoms. The standard InChI is InChI=1S/C21H31FN4O2S.HI/c1-23-21(24-8-13-29(27,28)20-5-3-2-4-18(20)22)26-11-9-25(10-12-26)19-15-16-6-7-17(19)14-16;/h2-5,16-17,19H,6-15H2,1H3,(H,23,24);1H. The molecule has 2 bridgehead atoms. The number of guanidine groups is 1. The van der Waals surface area contributed by atoms with Crippen LogP contribution < -0.4 is 5.32 Å². The van der Waals surface area contributed by atoms with Gasteiger partial charge in [0.25, 0.3) is 0 Å². The van der Waals surface area contributed by atoms with Crippen molar-refractivity contribution in [1.82, 2.24) is 15.1 Å². The van der Waals surface area contributed by atoms with Crippen molar-refractivity contribution in [1.29, 1.82) is 0 Å². The van der Waals surface area contributed by atoms with E-state index in [-0.39, 0.29) is 41.2 Å². The topological polar surface area (TPSA) is 65.0 Å². The second kappa shape index (κ2) is 10.1. The minimum Gasteiger partial charge on any atom is -0.355 e. The summed E-state index contributed by atoms with van der Waals surface area (Å²) in [6.45, 7) is 4.06. The molecule has 1 saturated heterocycles. The predicted octanol–water partition coefficient (Wildman–Crippen LogP) is 2.60. The molecule has 168 valence electrons. The number of piperazine rings is 1. The third-order valence-electron chi connectivity index (χ3n) is 6.82. The highest BCUT2D eigenvalue weighted by atomic mass is 127. The Morgan fingerprint density at radius 3 is 2.50 bits per heavy atom. The lowest BCUT2D eigenvalue weighted by Crippen LogP contribution is -2.55. The second-order valence-corrected chi connectivity index (χ2v) is 10.6. The molecule has 0 spiro atoms. The van der Waals surface area contributed by atoms with Gasteiger partial charge in [-0.15, -0.1) is 24.0 Å². The fourth-order valence-electron chi connectivity index (χ4n) is 5.36. The van der Waals surface area contributed by atoms with E-state index in [0.717, 1.165) is 50.0 Å². The van der Waals surface area contributed by atoms with E-state index in [1.54, 1.807) is 7.05 Å². The van der Waals surface area contributed by atoms with Crippen LogP contribution in [0.3, 0.4) is 0 Å². The lowest BCUT2D eigenvalue weighted by atomic mass is 9.93. The molecule has 3 unspecified atom stereocenters. The summed E-state index contributed by atoms with van der Waals surface area (Å²) in [5.41, 5.74) is 0. The van der Waals surface area contributed by atoms with Crippen LogP contribution in [0.1, 0.15) is 25.7 Å². The van der Waals surface area contributed by atoms with Gasteiger partial charge in [0.2, 0.25) is 0 Å². The quantitative estimate of drug-likeness (QED) is 0.347. The molecule has 3 atom stereocenters. The Morgan fingerprint density at radius 2 is 1.90 bits per heavy atom. The molecular weight excluding hydrogens is 518 g/mol. The Balaban J connectivity index is 0.00000256. The smallest absolute Gasteiger partial charge is 0.193 e. The third kappa shape index (κ3) is 5.09. The molecule has 2 aliphatic carbocycles. The van der Waals surface area contributed by atoms with Gasteiger partial charge < -0.3 is 10.2 Å². The van der Waals surface area contributed by atoms with E-state index in [9.17, 15) is 12.8 Å². The van der Waals surface area contributed by atoms with Gasteiger partial charge in [-0.2, -0.15) is 0 Å². The molecule has 1 N–H and O–H groups in total. The van der Waals surface area contributed by atoms with Gasteiger partial charge in [-0.25, -0.2) is 12.8 Å². The molecule has 1 heterocycles. The summed E-state index contributed by atoms with van der Waals surface area (Å²) >= 11 is 0. The largest absolute Gasteiger partial charge is 0.355 e. The highest BCUT2D eigenvalue weighted by molar-refractivity contribution is 14.0. The number of nitrogens with one attached hydrogen (secondary N) is 1. The summed E-state index contributed by atoms with van der Waals surface area (Å²) in [5, 5.41) is 3.15. The van der Waals surface area contributed by atoms with Gasteiger partial charge in [0, 0.05) is 45.8 Å². The summed E-state index contributed by atoms with van der Waals surface area (Å²) in [6, 6.07) is 6.28. The molecule has 0 radical (unpaired) electrons. The lowest BCUT2D eigenvalue weighted by molar-refractivity contribution is 0.0959. The predicted molar refractivity (Wildman–Crippen MR) is 128 cm³/mol. The van der Waals surface area contributed by atoms with E-state index >= 15 is 0 Å². The van der Waals surface area contributed by atoms with Crippen molar-refractivity contribution in [2.45, 2.75) is 36.6 Å². The molecule has 2 saturated carbocycles. The van der Waals surface area contributed by atoms with Gasteiger partial charge in [-0.1, -0.05) is 18.6 Å². The maximum absolute atomic E-state index is 13.8. The molecule has 1 aliphatic heterocycles. The van der Waals surface area contributed by atoms with Crippen LogP contribution in [0.15, 0.2) is 34.2 Å². The molecule has 3 aliphatic rings. The van der Waals surface area contributed by atoms with Crippen LogP contribution in [0.25, 0.3) is 0 Å². The van der Waals surface area contributed by atoms with Crippen molar-refractivity contribution in [2.75, 3.05) is 45.5 Å². The van der Waals surface area contributed by atoms with Gasteiger partial charge in [-0.05, 0) is 43.2 Å². The summed E-state index contributed by atoms with van der Waals surface area (Å²) in [6.07, 6.45) is 5.61. The first-order chi connectivity index (χ1) is 14.0. The number of hydrogen-bond acceptors (Lipinski definition) is 4.